The van der Waals surface area contributed by atoms with Crippen molar-refractivity contribution in [2.45, 2.75) is 44.4 Å². The predicted octanol–water partition coefficient (Wildman–Crippen LogP) is 2.66. The number of ether oxygens (including phenoxy) is 2. The first-order valence-electron chi connectivity index (χ1n) is 6.81. The summed E-state index contributed by atoms with van der Waals surface area (Å²) < 4.78 is 11.5. The van der Waals surface area contributed by atoms with Gasteiger partial charge in [0.15, 0.2) is 0 Å². The van der Waals surface area contributed by atoms with Crippen LogP contribution in [0, 0.1) is 0 Å². The van der Waals surface area contributed by atoms with Gasteiger partial charge in [-0.2, -0.15) is 0 Å². The van der Waals surface area contributed by atoms with Gasteiger partial charge < -0.3 is 15.2 Å². The maximum Gasteiger partial charge on any atom is 0.0808 e. The molecule has 3 atom stereocenters. The largest absolute Gasteiger partial charge is 0.376 e. The van der Waals surface area contributed by atoms with Crippen LogP contribution < -0.4 is 5.73 Å². The predicted molar refractivity (Wildman–Crippen MR) is 72.4 cm³/mol. The zero-order valence-electron chi connectivity index (χ0n) is 11.0. The lowest BCUT2D eigenvalue weighted by Gasteiger charge is -2.26. The van der Waals surface area contributed by atoms with Gasteiger partial charge in [0.2, 0.25) is 0 Å². The van der Waals surface area contributed by atoms with Crippen LogP contribution in [0.1, 0.15) is 37.8 Å². The summed E-state index contributed by atoms with van der Waals surface area (Å²) in [6.45, 7) is 3.55. The molecular weight excluding hydrogens is 226 g/mol. The fourth-order valence-corrected chi connectivity index (χ4v) is 2.25. The second-order valence-corrected chi connectivity index (χ2v) is 4.96. The van der Waals surface area contributed by atoms with Gasteiger partial charge in [-0.3, -0.25) is 0 Å². The molecule has 1 aromatic carbocycles. The van der Waals surface area contributed by atoms with E-state index < -0.39 is 0 Å². The van der Waals surface area contributed by atoms with E-state index in [4.69, 9.17) is 15.2 Å². The van der Waals surface area contributed by atoms with Gasteiger partial charge in [-0.05, 0) is 31.7 Å². The molecule has 3 unspecified atom stereocenters. The molecule has 1 saturated heterocycles. The first-order chi connectivity index (χ1) is 8.77. The molecular formula is C15H23NO2. The summed E-state index contributed by atoms with van der Waals surface area (Å²) >= 11 is 0. The molecule has 100 valence electrons. The van der Waals surface area contributed by atoms with Gasteiger partial charge in [0.1, 0.15) is 0 Å². The Morgan fingerprint density at radius 1 is 1.33 bits per heavy atom. The van der Waals surface area contributed by atoms with Crippen molar-refractivity contribution >= 4 is 0 Å². The summed E-state index contributed by atoms with van der Waals surface area (Å²) in [7, 11) is 0. The maximum atomic E-state index is 6.19. The Morgan fingerprint density at radius 2 is 2.11 bits per heavy atom. The van der Waals surface area contributed by atoms with Gasteiger partial charge in [0, 0.05) is 6.61 Å². The van der Waals surface area contributed by atoms with Crippen LogP contribution >= 0.6 is 0 Å². The molecule has 1 fully saturated rings. The maximum absolute atomic E-state index is 6.19. The number of hydrogen-bond acceptors (Lipinski definition) is 3. The Labute approximate surface area is 109 Å². The van der Waals surface area contributed by atoms with Crippen molar-refractivity contribution in [1.29, 1.82) is 0 Å². The zero-order valence-corrected chi connectivity index (χ0v) is 11.0. The average Bonchev–Trinajstić information content (AvgIpc) is 2.46. The van der Waals surface area contributed by atoms with Gasteiger partial charge in [-0.25, -0.2) is 0 Å². The van der Waals surface area contributed by atoms with E-state index in [-0.39, 0.29) is 18.2 Å². The smallest absolute Gasteiger partial charge is 0.0808 e. The summed E-state index contributed by atoms with van der Waals surface area (Å²) in [6, 6.07) is 10.0. The highest BCUT2D eigenvalue weighted by molar-refractivity contribution is 5.19. The standard InChI is InChI=1S/C15H23NO2/c1-12(15(16)13-7-3-2-4-8-13)18-11-14-9-5-6-10-17-14/h2-4,7-8,12,14-15H,5-6,9-11,16H2,1H3. The van der Waals surface area contributed by atoms with Crippen molar-refractivity contribution in [3.63, 3.8) is 0 Å². The van der Waals surface area contributed by atoms with Gasteiger partial charge in [-0.1, -0.05) is 30.3 Å². The summed E-state index contributed by atoms with van der Waals surface area (Å²) in [5.41, 5.74) is 7.31. The van der Waals surface area contributed by atoms with E-state index in [0.29, 0.717) is 6.61 Å². The molecule has 18 heavy (non-hydrogen) atoms. The second kappa shape index (κ2) is 6.88. The van der Waals surface area contributed by atoms with Crippen molar-refractivity contribution in [2.75, 3.05) is 13.2 Å². The molecule has 0 aliphatic carbocycles. The fraction of sp³-hybridized carbons (Fsp3) is 0.600. The Kier molecular flexibility index (Phi) is 5.17. The Balaban J connectivity index is 1.78. The summed E-state index contributed by atoms with van der Waals surface area (Å²) in [5.74, 6) is 0. The van der Waals surface area contributed by atoms with E-state index in [1.807, 2.05) is 37.3 Å². The number of benzene rings is 1. The molecule has 0 saturated carbocycles. The molecule has 0 spiro atoms. The minimum absolute atomic E-state index is 0.0120. The lowest BCUT2D eigenvalue weighted by Crippen LogP contribution is -2.31. The summed E-state index contributed by atoms with van der Waals surface area (Å²) in [5, 5.41) is 0. The van der Waals surface area contributed by atoms with E-state index in [9.17, 15) is 0 Å². The third-order valence-electron chi connectivity index (χ3n) is 3.51. The van der Waals surface area contributed by atoms with E-state index >= 15 is 0 Å². The number of hydrogen-bond donors (Lipinski definition) is 1. The molecule has 3 heteroatoms. The van der Waals surface area contributed by atoms with Gasteiger partial charge in [0.05, 0.1) is 24.9 Å². The van der Waals surface area contributed by atoms with Crippen molar-refractivity contribution < 1.29 is 9.47 Å². The van der Waals surface area contributed by atoms with E-state index in [1.54, 1.807) is 0 Å². The molecule has 1 aromatic rings. The molecule has 3 nitrogen and oxygen atoms in total. The molecule has 1 aliphatic rings. The third kappa shape index (κ3) is 3.80. The summed E-state index contributed by atoms with van der Waals surface area (Å²) in [4.78, 5) is 0. The second-order valence-electron chi connectivity index (χ2n) is 4.96. The van der Waals surface area contributed by atoms with E-state index in [0.717, 1.165) is 18.6 Å². The topological polar surface area (TPSA) is 44.5 Å². The molecule has 0 aromatic heterocycles. The molecule has 1 heterocycles. The lowest BCUT2D eigenvalue weighted by atomic mass is 10.0. The van der Waals surface area contributed by atoms with E-state index in [2.05, 4.69) is 0 Å². The quantitative estimate of drug-likeness (QED) is 0.872. The third-order valence-corrected chi connectivity index (χ3v) is 3.51. The molecule has 0 bridgehead atoms. The number of rotatable bonds is 5. The van der Waals surface area contributed by atoms with Gasteiger partial charge in [0.25, 0.3) is 0 Å². The average molecular weight is 249 g/mol. The minimum atomic E-state index is -0.0743. The Morgan fingerprint density at radius 3 is 2.78 bits per heavy atom. The van der Waals surface area contributed by atoms with Gasteiger partial charge in [-0.15, -0.1) is 0 Å². The SMILES string of the molecule is CC(OCC1CCCCO1)C(N)c1ccccc1. The van der Waals surface area contributed by atoms with Crippen LogP contribution in [0.4, 0.5) is 0 Å². The summed E-state index contributed by atoms with van der Waals surface area (Å²) in [6.07, 6.45) is 3.79. The highest BCUT2D eigenvalue weighted by atomic mass is 16.5. The zero-order chi connectivity index (χ0) is 12.8. The van der Waals surface area contributed by atoms with Crippen molar-refractivity contribution in [2.24, 2.45) is 5.73 Å². The molecule has 2 rings (SSSR count). The minimum Gasteiger partial charge on any atom is -0.376 e. The lowest BCUT2D eigenvalue weighted by molar-refractivity contribution is -0.0639. The Hall–Kier alpha value is -0.900. The van der Waals surface area contributed by atoms with Crippen LogP contribution in [0.2, 0.25) is 0 Å². The van der Waals surface area contributed by atoms with Crippen molar-refractivity contribution in [3.05, 3.63) is 35.9 Å². The first kappa shape index (κ1) is 13.5. The molecule has 2 N–H and O–H groups in total. The van der Waals surface area contributed by atoms with Crippen LogP contribution in [0.5, 0.6) is 0 Å². The van der Waals surface area contributed by atoms with Crippen LogP contribution in [0.25, 0.3) is 0 Å². The Bertz CT molecular complexity index is 336. The van der Waals surface area contributed by atoms with E-state index in [1.165, 1.54) is 12.8 Å². The van der Waals surface area contributed by atoms with Crippen molar-refractivity contribution in [1.82, 2.24) is 0 Å². The van der Waals surface area contributed by atoms with Crippen LogP contribution in [0.15, 0.2) is 30.3 Å². The highest BCUT2D eigenvalue weighted by Crippen LogP contribution is 2.18. The molecule has 0 radical (unpaired) electrons. The molecule has 1 aliphatic heterocycles. The number of nitrogens with two attached hydrogens (primary N) is 1. The normalized spacial score (nSPS) is 23.6. The van der Waals surface area contributed by atoms with Crippen LogP contribution in [0.3, 0.4) is 0 Å². The molecule has 0 amide bonds. The fourth-order valence-electron chi connectivity index (χ4n) is 2.25. The first-order valence-corrected chi connectivity index (χ1v) is 6.81. The van der Waals surface area contributed by atoms with Crippen LogP contribution in [-0.4, -0.2) is 25.4 Å². The van der Waals surface area contributed by atoms with Crippen LogP contribution in [-0.2, 0) is 9.47 Å². The monoisotopic (exact) mass is 249 g/mol. The van der Waals surface area contributed by atoms with Gasteiger partial charge >= 0.3 is 0 Å². The highest BCUT2D eigenvalue weighted by Gasteiger charge is 2.19. The van der Waals surface area contributed by atoms with Crippen molar-refractivity contribution in [3.8, 4) is 0 Å².